The Morgan fingerprint density at radius 2 is 1.80 bits per heavy atom. The van der Waals surface area contributed by atoms with Gasteiger partial charge in [0.15, 0.2) is 0 Å². The minimum Gasteiger partial charge on any atom is -0.481 e. The van der Waals surface area contributed by atoms with Crippen LogP contribution in [0.2, 0.25) is 0 Å². The fraction of sp³-hybridized carbons (Fsp3) is 0.370. The van der Waals surface area contributed by atoms with Gasteiger partial charge in [-0.1, -0.05) is 25.1 Å². The summed E-state index contributed by atoms with van der Waals surface area (Å²) in [5.41, 5.74) is 4.03. The van der Waals surface area contributed by atoms with Crippen LogP contribution in [0.15, 0.2) is 53.3 Å². The molecule has 1 aliphatic rings. The second kappa shape index (κ2) is 10.4. The van der Waals surface area contributed by atoms with Crippen LogP contribution >= 0.6 is 0 Å². The second-order valence-corrected chi connectivity index (χ2v) is 9.01. The molecule has 0 unspecified atom stereocenters. The van der Waals surface area contributed by atoms with E-state index >= 15 is 0 Å². The zero-order valence-corrected chi connectivity index (χ0v) is 20.4. The first-order valence-corrected chi connectivity index (χ1v) is 12.3. The molecule has 0 saturated carbocycles. The van der Waals surface area contributed by atoms with Gasteiger partial charge in [-0.2, -0.15) is 0 Å². The molecule has 2 aromatic heterocycles. The monoisotopic (exact) mass is 472 g/mol. The molecule has 0 bridgehead atoms. The number of para-hydroxylation sites is 1. The fourth-order valence-corrected chi connectivity index (χ4v) is 4.71. The molecular weight excluding hydrogens is 440 g/mol. The van der Waals surface area contributed by atoms with E-state index in [4.69, 9.17) is 4.74 Å². The van der Waals surface area contributed by atoms with Gasteiger partial charge in [-0.25, -0.2) is 9.97 Å². The fourth-order valence-electron chi connectivity index (χ4n) is 4.71. The predicted molar refractivity (Wildman–Crippen MR) is 140 cm³/mol. The molecule has 0 amide bonds. The molecule has 0 aliphatic carbocycles. The molecule has 35 heavy (non-hydrogen) atoms. The molecule has 2 aromatic carbocycles. The van der Waals surface area contributed by atoms with Crippen LogP contribution in [0, 0.1) is 0 Å². The third kappa shape index (κ3) is 5.28. The quantitative estimate of drug-likeness (QED) is 0.407. The van der Waals surface area contributed by atoms with Crippen LogP contribution in [-0.4, -0.2) is 71.1 Å². The van der Waals surface area contributed by atoms with Crippen molar-refractivity contribution in [1.82, 2.24) is 24.8 Å². The number of aromatic nitrogens is 3. The van der Waals surface area contributed by atoms with E-state index in [1.54, 1.807) is 13.2 Å². The van der Waals surface area contributed by atoms with Gasteiger partial charge in [0.25, 0.3) is 5.56 Å². The number of methoxy groups -OCH3 is 1. The van der Waals surface area contributed by atoms with E-state index in [2.05, 4.69) is 61.3 Å². The number of hydrogen-bond donors (Lipinski definition) is 2. The first-order valence-electron chi connectivity index (χ1n) is 12.3. The van der Waals surface area contributed by atoms with Crippen molar-refractivity contribution < 1.29 is 4.74 Å². The van der Waals surface area contributed by atoms with Crippen molar-refractivity contribution in [2.45, 2.75) is 19.9 Å². The predicted octanol–water partition coefficient (Wildman–Crippen LogP) is 3.27. The Balaban J connectivity index is 1.12. The zero-order chi connectivity index (χ0) is 24.2. The summed E-state index contributed by atoms with van der Waals surface area (Å²) >= 11 is 0. The second-order valence-electron chi connectivity index (χ2n) is 9.01. The number of nitrogens with one attached hydrogen (secondary N) is 2. The molecule has 2 N–H and O–H groups in total. The van der Waals surface area contributed by atoms with Gasteiger partial charge in [-0.15, -0.1) is 0 Å². The number of ether oxygens (including phenoxy) is 1. The van der Waals surface area contributed by atoms with Gasteiger partial charge >= 0.3 is 0 Å². The molecule has 0 atom stereocenters. The first kappa shape index (κ1) is 23.3. The summed E-state index contributed by atoms with van der Waals surface area (Å²) in [6.07, 6.45) is 0.903. The van der Waals surface area contributed by atoms with Gasteiger partial charge in [0.1, 0.15) is 0 Å². The highest BCUT2D eigenvalue weighted by Crippen LogP contribution is 2.24. The molecule has 0 radical (unpaired) electrons. The number of H-pyrrole nitrogens is 1. The lowest BCUT2D eigenvalue weighted by Crippen LogP contribution is -2.47. The summed E-state index contributed by atoms with van der Waals surface area (Å²) in [5, 5.41) is 5.06. The van der Waals surface area contributed by atoms with Gasteiger partial charge in [0.05, 0.1) is 23.5 Å². The SMILES string of the molecule is CCc1cc2cc(CN3CCN(CCNc4nc5ccccc5c(=O)[nH]4)CC3)ccc2nc1OC. The van der Waals surface area contributed by atoms with Gasteiger partial charge in [0, 0.05) is 56.8 Å². The Morgan fingerprint density at radius 1 is 1.00 bits per heavy atom. The van der Waals surface area contributed by atoms with E-state index in [-0.39, 0.29) is 5.56 Å². The highest BCUT2D eigenvalue weighted by atomic mass is 16.5. The van der Waals surface area contributed by atoms with Gasteiger partial charge in [-0.05, 0) is 42.3 Å². The average molecular weight is 473 g/mol. The number of nitrogens with zero attached hydrogens (tertiary/aromatic N) is 4. The molecule has 4 aromatic rings. The Morgan fingerprint density at radius 3 is 2.60 bits per heavy atom. The summed E-state index contributed by atoms with van der Waals surface area (Å²) in [6, 6.07) is 16.1. The van der Waals surface area contributed by atoms with Crippen LogP contribution in [0.5, 0.6) is 5.88 Å². The van der Waals surface area contributed by atoms with Crippen molar-refractivity contribution in [2.24, 2.45) is 0 Å². The third-order valence-electron chi connectivity index (χ3n) is 6.70. The molecule has 1 saturated heterocycles. The molecule has 1 aliphatic heterocycles. The largest absolute Gasteiger partial charge is 0.481 e. The van der Waals surface area contributed by atoms with Crippen molar-refractivity contribution in [3.8, 4) is 5.88 Å². The molecule has 5 rings (SSSR count). The maximum Gasteiger partial charge on any atom is 0.260 e. The van der Waals surface area contributed by atoms with E-state index < -0.39 is 0 Å². The highest BCUT2D eigenvalue weighted by Gasteiger charge is 2.17. The van der Waals surface area contributed by atoms with Crippen molar-refractivity contribution in [3.05, 3.63) is 70.0 Å². The molecule has 8 nitrogen and oxygen atoms in total. The summed E-state index contributed by atoms with van der Waals surface area (Å²) in [5.74, 6) is 1.25. The molecule has 0 spiro atoms. The lowest BCUT2D eigenvalue weighted by Gasteiger charge is -2.34. The van der Waals surface area contributed by atoms with Crippen LogP contribution in [-0.2, 0) is 13.0 Å². The average Bonchev–Trinajstić information content (AvgIpc) is 2.89. The summed E-state index contributed by atoms with van der Waals surface area (Å²) in [6.45, 7) is 8.83. The number of aromatic amines is 1. The minimum atomic E-state index is -0.110. The van der Waals surface area contributed by atoms with E-state index in [0.717, 1.165) is 69.2 Å². The number of benzene rings is 2. The Hall–Kier alpha value is -3.49. The van der Waals surface area contributed by atoms with Crippen LogP contribution in [0.4, 0.5) is 5.95 Å². The maximum absolute atomic E-state index is 12.2. The molecule has 8 heteroatoms. The van der Waals surface area contributed by atoms with E-state index in [9.17, 15) is 4.79 Å². The van der Waals surface area contributed by atoms with Crippen molar-refractivity contribution >= 4 is 27.8 Å². The molecular formula is C27H32N6O2. The normalized spacial score (nSPS) is 15.0. The number of hydrogen-bond acceptors (Lipinski definition) is 7. The molecule has 1 fully saturated rings. The lowest BCUT2D eigenvalue weighted by atomic mass is 10.1. The van der Waals surface area contributed by atoms with Crippen LogP contribution in [0.25, 0.3) is 21.8 Å². The van der Waals surface area contributed by atoms with Crippen molar-refractivity contribution in [2.75, 3.05) is 51.7 Å². The van der Waals surface area contributed by atoms with Gasteiger partial charge in [0.2, 0.25) is 11.8 Å². The minimum absolute atomic E-state index is 0.110. The molecule has 3 heterocycles. The van der Waals surface area contributed by atoms with Crippen LogP contribution in [0.3, 0.4) is 0 Å². The number of piperazine rings is 1. The number of pyridine rings is 1. The third-order valence-corrected chi connectivity index (χ3v) is 6.70. The Bertz CT molecular complexity index is 1380. The summed E-state index contributed by atoms with van der Waals surface area (Å²) < 4.78 is 5.43. The topological polar surface area (TPSA) is 86.4 Å². The van der Waals surface area contributed by atoms with E-state index in [1.807, 2.05) is 18.2 Å². The smallest absolute Gasteiger partial charge is 0.260 e. The number of aryl methyl sites for hydroxylation is 1. The Kier molecular flexibility index (Phi) is 6.92. The maximum atomic E-state index is 12.2. The van der Waals surface area contributed by atoms with Gasteiger partial charge < -0.3 is 10.1 Å². The van der Waals surface area contributed by atoms with Crippen molar-refractivity contribution in [1.29, 1.82) is 0 Å². The highest BCUT2D eigenvalue weighted by molar-refractivity contribution is 5.81. The number of rotatable bonds is 8. The summed E-state index contributed by atoms with van der Waals surface area (Å²) in [7, 11) is 1.68. The standard InChI is InChI=1S/C27H32N6O2/c1-3-20-17-21-16-19(8-9-23(21)29-26(20)35-2)18-33-14-12-32(13-15-33)11-10-28-27-30-24-7-5-4-6-22(24)25(34)31-27/h4-9,16-17H,3,10-15,18H2,1-2H3,(H2,28,30,31,34). The Labute approximate surface area is 204 Å². The number of anilines is 1. The zero-order valence-electron chi connectivity index (χ0n) is 20.4. The van der Waals surface area contributed by atoms with Crippen LogP contribution in [0.1, 0.15) is 18.1 Å². The first-order chi connectivity index (χ1) is 17.1. The van der Waals surface area contributed by atoms with E-state index in [1.165, 1.54) is 10.9 Å². The lowest BCUT2D eigenvalue weighted by molar-refractivity contribution is 0.130. The van der Waals surface area contributed by atoms with Crippen molar-refractivity contribution in [3.63, 3.8) is 0 Å². The van der Waals surface area contributed by atoms with E-state index in [0.29, 0.717) is 16.9 Å². The van der Waals surface area contributed by atoms with Crippen LogP contribution < -0.4 is 15.6 Å². The molecule has 182 valence electrons. The summed E-state index contributed by atoms with van der Waals surface area (Å²) in [4.78, 5) is 29.2. The van der Waals surface area contributed by atoms with Gasteiger partial charge in [-0.3, -0.25) is 19.6 Å². The number of fused-ring (bicyclic) bond motifs is 2.